The first-order chi connectivity index (χ1) is 10.7. The fraction of sp³-hybridized carbons (Fsp3) is 0.429. The van der Waals surface area contributed by atoms with Crippen molar-refractivity contribution in [1.29, 1.82) is 5.26 Å². The Morgan fingerprint density at radius 2 is 2.45 bits per heavy atom. The number of hydrogen-bond donors (Lipinski definition) is 2. The molecule has 8 heteroatoms. The zero-order valence-electron chi connectivity index (χ0n) is 12.0. The average Bonchev–Trinajstić information content (AvgIpc) is 3.17. The quantitative estimate of drug-likeness (QED) is 0.896. The molecule has 0 aromatic carbocycles. The molecule has 1 fully saturated rings. The minimum absolute atomic E-state index is 0.103. The molecule has 1 aliphatic rings. The lowest BCUT2D eigenvalue weighted by molar-refractivity contribution is 0.0864. The normalized spacial score (nSPS) is 20.8. The molecular formula is C14H15ClN6O. The Bertz CT molecular complexity index is 696. The molecular weight excluding hydrogens is 304 g/mol. The van der Waals surface area contributed by atoms with Crippen LogP contribution in [-0.2, 0) is 4.74 Å². The molecule has 22 heavy (non-hydrogen) atoms. The predicted molar refractivity (Wildman–Crippen MR) is 80.4 cm³/mol. The highest BCUT2D eigenvalue weighted by Gasteiger charge is 2.31. The summed E-state index contributed by atoms with van der Waals surface area (Å²) in [5.74, 6) is 1.57. The molecule has 114 valence electrons. The van der Waals surface area contributed by atoms with Gasteiger partial charge in [-0.2, -0.15) is 10.4 Å². The average molecular weight is 319 g/mol. The predicted octanol–water partition coefficient (Wildman–Crippen LogP) is 2.22. The van der Waals surface area contributed by atoms with Crippen molar-refractivity contribution in [1.82, 2.24) is 20.2 Å². The molecule has 0 unspecified atom stereocenters. The van der Waals surface area contributed by atoms with Crippen molar-refractivity contribution >= 4 is 17.4 Å². The molecule has 7 nitrogen and oxygen atoms in total. The lowest BCUT2D eigenvalue weighted by atomic mass is 10.0. The summed E-state index contributed by atoms with van der Waals surface area (Å²) in [4.78, 5) is 8.51. The van der Waals surface area contributed by atoms with Gasteiger partial charge in [0.05, 0.1) is 16.3 Å². The molecule has 1 aliphatic heterocycles. The number of anilines is 1. The Labute approximate surface area is 132 Å². The van der Waals surface area contributed by atoms with Crippen molar-refractivity contribution in [3.05, 3.63) is 34.5 Å². The van der Waals surface area contributed by atoms with Crippen LogP contribution in [0.25, 0.3) is 0 Å². The van der Waals surface area contributed by atoms with Gasteiger partial charge >= 0.3 is 0 Å². The number of aryl methyl sites for hydroxylation is 1. The number of halogens is 1. The van der Waals surface area contributed by atoms with E-state index in [-0.39, 0.29) is 12.0 Å². The molecule has 2 N–H and O–H groups in total. The number of aromatic nitrogens is 4. The van der Waals surface area contributed by atoms with Crippen molar-refractivity contribution in [2.24, 2.45) is 5.92 Å². The Hall–Kier alpha value is -2.17. The van der Waals surface area contributed by atoms with E-state index in [1.54, 1.807) is 13.0 Å². The van der Waals surface area contributed by atoms with Gasteiger partial charge in [0.25, 0.3) is 0 Å². The van der Waals surface area contributed by atoms with Gasteiger partial charge in [0.15, 0.2) is 5.82 Å². The van der Waals surface area contributed by atoms with E-state index >= 15 is 0 Å². The van der Waals surface area contributed by atoms with Gasteiger partial charge in [0, 0.05) is 19.1 Å². The third-order valence-corrected chi connectivity index (χ3v) is 4.02. The van der Waals surface area contributed by atoms with E-state index < -0.39 is 0 Å². The Kier molecular flexibility index (Phi) is 4.22. The molecule has 0 spiro atoms. The van der Waals surface area contributed by atoms with Crippen LogP contribution in [0.1, 0.15) is 29.6 Å². The highest BCUT2D eigenvalue weighted by Crippen LogP contribution is 2.33. The van der Waals surface area contributed by atoms with Gasteiger partial charge in [-0.25, -0.2) is 9.97 Å². The summed E-state index contributed by atoms with van der Waals surface area (Å²) >= 11 is 6.17. The highest BCUT2D eigenvalue weighted by atomic mass is 35.5. The second kappa shape index (κ2) is 6.30. The number of H-pyrrole nitrogens is 1. The van der Waals surface area contributed by atoms with Crippen LogP contribution in [0, 0.1) is 24.2 Å². The van der Waals surface area contributed by atoms with Crippen molar-refractivity contribution in [2.75, 3.05) is 18.5 Å². The molecule has 2 aromatic heterocycles. The monoisotopic (exact) mass is 318 g/mol. The molecule has 1 saturated heterocycles. The van der Waals surface area contributed by atoms with Crippen LogP contribution < -0.4 is 5.32 Å². The van der Waals surface area contributed by atoms with Gasteiger partial charge < -0.3 is 10.1 Å². The molecule has 2 atom stereocenters. The number of nitrogens with zero attached hydrogens (tertiary/aromatic N) is 4. The molecule has 0 radical (unpaired) electrons. The minimum Gasteiger partial charge on any atom is -0.370 e. The van der Waals surface area contributed by atoms with Crippen molar-refractivity contribution in [2.45, 2.75) is 19.4 Å². The lowest BCUT2D eigenvalue weighted by Crippen LogP contribution is -2.19. The second-order valence-corrected chi connectivity index (χ2v) is 5.56. The smallest absolute Gasteiger partial charge is 0.153 e. The number of pyridine rings is 1. The summed E-state index contributed by atoms with van der Waals surface area (Å²) in [7, 11) is 0. The summed E-state index contributed by atoms with van der Waals surface area (Å²) in [5.41, 5.74) is 1.14. The van der Waals surface area contributed by atoms with Gasteiger partial charge in [0.2, 0.25) is 0 Å². The van der Waals surface area contributed by atoms with Crippen LogP contribution in [-0.4, -0.2) is 33.3 Å². The number of rotatable bonds is 4. The largest absolute Gasteiger partial charge is 0.370 e. The fourth-order valence-electron chi connectivity index (χ4n) is 2.54. The van der Waals surface area contributed by atoms with Crippen molar-refractivity contribution in [3.63, 3.8) is 0 Å². The van der Waals surface area contributed by atoms with Crippen LogP contribution >= 0.6 is 11.6 Å². The number of hydrogen-bond acceptors (Lipinski definition) is 6. The van der Waals surface area contributed by atoms with Gasteiger partial charge in [0.1, 0.15) is 24.3 Å². The molecule has 3 rings (SSSR count). The van der Waals surface area contributed by atoms with E-state index in [0.29, 0.717) is 35.2 Å². The minimum atomic E-state index is -0.103. The molecule has 0 bridgehead atoms. The maximum atomic E-state index is 8.97. The van der Waals surface area contributed by atoms with E-state index in [0.717, 1.165) is 12.2 Å². The number of aromatic amines is 1. The molecule has 3 heterocycles. The third-order valence-electron chi connectivity index (χ3n) is 3.74. The van der Waals surface area contributed by atoms with Gasteiger partial charge in [-0.1, -0.05) is 11.6 Å². The third kappa shape index (κ3) is 2.89. The molecule has 0 aliphatic carbocycles. The van der Waals surface area contributed by atoms with Crippen LogP contribution in [0.15, 0.2) is 12.4 Å². The first-order valence-electron chi connectivity index (χ1n) is 6.97. The van der Waals surface area contributed by atoms with Crippen molar-refractivity contribution < 1.29 is 4.74 Å². The van der Waals surface area contributed by atoms with Crippen LogP contribution in [0.5, 0.6) is 0 Å². The van der Waals surface area contributed by atoms with Crippen LogP contribution in [0.4, 0.5) is 5.82 Å². The molecule has 0 amide bonds. The Balaban J connectivity index is 1.70. The van der Waals surface area contributed by atoms with E-state index in [9.17, 15) is 0 Å². The van der Waals surface area contributed by atoms with E-state index in [1.165, 1.54) is 6.33 Å². The SMILES string of the molecule is Cc1nc(NC[C@@H]2CCO[C@@H]2c2ncn[nH]2)c(Cl)cc1C#N. The maximum absolute atomic E-state index is 8.97. The van der Waals surface area contributed by atoms with Crippen LogP contribution in [0.2, 0.25) is 5.02 Å². The summed E-state index contributed by atoms with van der Waals surface area (Å²) < 4.78 is 5.72. The summed E-state index contributed by atoms with van der Waals surface area (Å²) in [5, 5.41) is 19.4. The topological polar surface area (TPSA) is 99.5 Å². The van der Waals surface area contributed by atoms with E-state index in [2.05, 4.69) is 31.6 Å². The van der Waals surface area contributed by atoms with Crippen molar-refractivity contribution in [3.8, 4) is 6.07 Å². The second-order valence-electron chi connectivity index (χ2n) is 5.16. The zero-order chi connectivity index (χ0) is 15.5. The standard InChI is InChI=1S/C14H15ClN6O/c1-8-10(5-16)4-11(15)13(20-8)17-6-9-2-3-22-12(9)14-18-7-19-21-14/h4,7,9,12H,2-3,6H2,1H3,(H,17,20)(H,18,19,21)/t9-,12-/m0/s1. The Morgan fingerprint density at radius 3 is 3.18 bits per heavy atom. The molecule has 0 saturated carbocycles. The maximum Gasteiger partial charge on any atom is 0.153 e. The lowest BCUT2D eigenvalue weighted by Gasteiger charge is -2.17. The zero-order valence-corrected chi connectivity index (χ0v) is 12.8. The summed E-state index contributed by atoms with van der Waals surface area (Å²) in [6.07, 6.45) is 2.29. The summed E-state index contributed by atoms with van der Waals surface area (Å²) in [6, 6.07) is 3.70. The van der Waals surface area contributed by atoms with Gasteiger partial charge in [-0.05, 0) is 19.4 Å². The van der Waals surface area contributed by atoms with Gasteiger partial charge in [-0.3, -0.25) is 5.10 Å². The number of nitriles is 1. The number of ether oxygens (including phenoxy) is 1. The van der Waals surface area contributed by atoms with Crippen LogP contribution in [0.3, 0.4) is 0 Å². The Morgan fingerprint density at radius 1 is 1.59 bits per heavy atom. The first-order valence-corrected chi connectivity index (χ1v) is 7.35. The first kappa shape index (κ1) is 14.8. The summed E-state index contributed by atoms with van der Waals surface area (Å²) in [6.45, 7) is 3.13. The van der Waals surface area contributed by atoms with E-state index in [4.69, 9.17) is 21.6 Å². The van der Waals surface area contributed by atoms with Gasteiger partial charge in [-0.15, -0.1) is 0 Å². The molecule has 2 aromatic rings. The highest BCUT2D eigenvalue weighted by molar-refractivity contribution is 6.33. The number of nitrogens with one attached hydrogen (secondary N) is 2. The van der Waals surface area contributed by atoms with E-state index in [1.807, 2.05) is 0 Å². The fourth-order valence-corrected chi connectivity index (χ4v) is 2.76.